The molecule has 4 saturated carbocycles. The van der Waals surface area contributed by atoms with Gasteiger partial charge in [-0.25, -0.2) is 9.18 Å². The molecule has 1 aromatic carbocycles. The fraction of sp³-hybridized carbons (Fsp3) is 0.636. The van der Waals surface area contributed by atoms with Gasteiger partial charge in [0.25, 0.3) is 5.91 Å². The normalized spacial score (nSPS) is 34.8. The molecule has 1 aromatic rings. The summed E-state index contributed by atoms with van der Waals surface area (Å²) in [5.41, 5.74) is 0.00101. The largest absolute Gasteiger partial charge is 0.491 e. The second-order valence-corrected chi connectivity index (χ2v) is 9.86. The third-order valence-electron chi connectivity index (χ3n) is 7.72. The lowest BCUT2D eigenvalue weighted by Gasteiger charge is -2.32. The van der Waals surface area contributed by atoms with Crippen molar-refractivity contribution in [2.75, 3.05) is 13.2 Å². The molecule has 6 rings (SSSR count). The van der Waals surface area contributed by atoms with Crippen LogP contribution < -0.4 is 4.74 Å². The van der Waals surface area contributed by atoms with Crippen LogP contribution in [-0.2, 0) is 4.79 Å². The first-order chi connectivity index (χ1) is 13.9. The molecule has 7 heteroatoms. The van der Waals surface area contributed by atoms with Crippen LogP contribution in [0, 0.1) is 29.0 Å². The maximum Gasteiger partial charge on any atom is 0.326 e. The monoisotopic (exact) mass is 421 g/mol. The van der Waals surface area contributed by atoms with E-state index >= 15 is 0 Å². The molecule has 4 bridgehead atoms. The van der Waals surface area contributed by atoms with Crippen LogP contribution in [0.3, 0.4) is 0 Å². The number of carboxylic acid groups (broad SMARTS) is 1. The standard InChI is InChI=1S/C22H25ClFNO4/c23-16-7-15(20(26)25-3-1-2-18(25)21(27)28)17(24)8-19(16)29-11-22-9-12-4-13(10-22)6-14(22)5-12/h7-8,12-14,18H,1-6,9-11H2,(H,27,28)/t12?,13?,14?,18-,22?/m0/s1. The Labute approximate surface area is 174 Å². The zero-order valence-electron chi connectivity index (χ0n) is 16.2. The van der Waals surface area contributed by atoms with Gasteiger partial charge >= 0.3 is 5.97 Å². The number of amides is 1. The maximum absolute atomic E-state index is 14.8. The molecule has 0 radical (unpaired) electrons. The van der Waals surface area contributed by atoms with Crippen molar-refractivity contribution in [1.29, 1.82) is 0 Å². The van der Waals surface area contributed by atoms with Gasteiger partial charge in [0, 0.05) is 18.0 Å². The molecule has 5 fully saturated rings. The minimum absolute atomic E-state index is 0.190. The second-order valence-electron chi connectivity index (χ2n) is 9.45. The van der Waals surface area contributed by atoms with E-state index in [1.165, 1.54) is 49.1 Å². The molecule has 1 N–H and O–H groups in total. The molecule has 3 atom stereocenters. The molecular formula is C22H25ClFNO4. The van der Waals surface area contributed by atoms with Gasteiger partial charge in [-0.3, -0.25) is 4.79 Å². The Bertz CT molecular complexity index is 861. The fourth-order valence-corrected chi connectivity index (χ4v) is 6.86. The number of likely N-dealkylation sites (tertiary alicyclic amines) is 1. The van der Waals surface area contributed by atoms with Gasteiger partial charge in [-0.15, -0.1) is 0 Å². The Morgan fingerprint density at radius 3 is 2.66 bits per heavy atom. The third kappa shape index (κ3) is 3.11. The first-order valence-electron chi connectivity index (χ1n) is 10.5. The van der Waals surface area contributed by atoms with Gasteiger partial charge in [-0.05, 0) is 68.8 Å². The summed E-state index contributed by atoms with van der Waals surface area (Å²) >= 11 is 6.34. The van der Waals surface area contributed by atoms with E-state index in [9.17, 15) is 19.1 Å². The summed E-state index contributed by atoms with van der Waals surface area (Å²) in [6.45, 7) is 0.849. The molecule has 4 aliphatic carbocycles. The average molecular weight is 422 g/mol. The predicted octanol–water partition coefficient (Wildman–Crippen LogP) is 4.37. The summed E-state index contributed by atoms with van der Waals surface area (Å²) in [5.74, 6) is 0.168. The SMILES string of the molecule is O=C(O)[C@@H]1CCCN1C(=O)c1cc(Cl)c(OCC23CC4CC(CC2C4)C3)cc1F. The highest BCUT2D eigenvalue weighted by molar-refractivity contribution is 6.32. The van der Waals surface area contributed by atoms with Crippen LogP contribution >= 0.6 is 11.6 Å². The van der Waals surface area contributed by atoms with Crippen LogP contribution in [0.15, 0.2) is 12.1 Å². The van der Waals surface area contributed by atoms with E-state index in [4.69, 9.17) is 16.3 Å². The highest BCUT2D eigenvalue weighted by atomic mass is 35.5. The zero-order valence-corrected chi connectivity index (χ0v) is 17.0. The number of nitrogens with zero attached hydrogens (tertiary/aromatic N) is 1. The van der Waals surface area contributed by atoms with Crippen LogP contribution in [0.1, 0.15) is 55.3 Å². The molecule has 5 aliphatic rings. The molecule has 5 nitrogen and oxygen atoms in total. The van der Waals surface area contributed by atoms with Gasteiger partial charge < -0.3 is 14.7 Å². The molecule has 1 aliphatic heterocycles. The third-order valence-corrected chi connectivity index (χ3v) is 8.02. The van der Waals surface area contributed by atoms with Gasteiger partial charge in [-0.1, -0.05) is 11.6 Å². The van der Waals surface area contributed by atoms with Crippen LogP contribution in [-0.4, -0.2) is 41.1 Å². The quantitative estimate of drug-likeness (QED) is 0.766. The summed E-state index contributed by atoms with van der Waals surface area (Å²) in [7, 11) is 0. The summed E-state index contributed by atoms with van der Waals surface area (Å²) in [4.78, 5) is 25.3. The highest BCUT2D eigenvalue weighted by Gasteiger charge is 2.58. The maximum atomic E-state index is 14.8. The van der Waals surface area contributed by atoms with Crippen molar-refractivity contribution in [3.8, 4) is 5.75 Å². The smallest absolute Gasteiger partial charge is 0.326 e. The highest BCUT2D eigenvalue weighted by Crippen LogP contribution is 2.65. The summed E-state index contributed by atoms with van der Waals surface area (Å²) in [6.07, 6.45) is 7.27. The van der Waals surface area contributed by atoms with E-state index in [2.05, 4.69) is 0 Å². The van der Waals surface area contributed by atoms with E-state index in [-0.39, 0.29) is 21.8 Å². The van der Waals surface area contributed by atoms with E-state index in [1.54, 1.807) is 0 Å². The Balaban J connectivity index is 1.32. The van der Waals surface area contributed by atoms with Crippen molar-refractivity contribution in [2.45, 2.75) is 51.0 Å². The van der Waals surface area contributed by atoms with Crippen LogP contribution in [0.5, 0.6) is 5.75 Å². The number of halogens is 2. The van der Waals surface area contributed by atoms with Crippen LogP contribution in [0.4, 0.5) is 4.39 Å². The number of ether oxygens (including phenoxy) is 1. The number of hydrogen-bond donors (Lipinski definition) is 1. The van der Waals surface area contributed by atoms with Gasteiger partial charge in [0.05, 0.1) is 17.2 Å². The first kappa shape index (κ1) is 19.2. The zero-order chi connectivity index (χ0) is 20.3. The van der Waals surface area contributed by atoms with Gasteiger partial charge in [0.1, 0.15) is 17.6 Å². The minimum Gasteiger partial charge on any atom is -0.491 e. The number of carbonyl (C=O) groups excluding carboxylic acids is 1. The van der Waals surface area contributed by atoms with Crippen molar-refractivity contribution < 1.29 is 23.8 Å². The van der Waals surface area contributed by atoms with Crippen molar-refractivity contribution in [2.24, 2.45) is 23.2 Å². The first-order valence-corrected chi connectivity index (χ1v) is 10.9. The van der Waals surface area contributed by atoms with E-state index in [0.717, 1.165) is 11.8 Å². The Hall–Kier alpha value is -1.82. The van der Waals surface area contributed by atoms with E-state index in [1.807, 2.05) is 0 Å². The molecular weight excluding hydrogens is 397 g/mol. The Morgan fingerprint density at radius 2 is 1.97 bits per heavy atom. The predicted molar refractivity (Wildman–Crippen MR) is 105 cm³/mol. The molecule has 1 saturated heterocycles. The fourth-order valence-electron chi connectivity index (χ4n) is 6.65. The number of benzene rings is 1. The van der Waals surface area contributed by atoms with Crippen LogP contribution in [0.2, 0.25) is 5.02 Å². The average Bonchev–Trinajstić information content (AvgIpc) is 3.32. The molecule has 0 aromatic heterocycles. The van der Waals surface area contributed by atoms with Crippen LogP contribution in [0.25, 0.3) is 0 Å². The number of carboxylic acids is 1. The lowest BCUT2D eigenvalue weighted by atomic mass is 9.76. The van der Waals surface area contributed by atoms with Gasteiger partial charge in [0.15, 0.2) is 0 Å². The molecule has 156 valence electrons. The molecule has 0 spiro atoms. The lowest BCUT2D eigenvalue weighted by molar-refractivity contribution is -0.141. The Morgan fingerprint density at radius 1 is 1.24 bits per heavy atom. The summed E-state index contributed by atoms with van der Waals surface area (Å²) in [5, 5.41) is 9.47. The molecule has 1 heterocycles. The van der Waals surface area contributed by atoms with Crippen molar-refractivity contribution in [1.82, 2.24) is 4.90 Å². The topological polar surface area (TPSA) is 66.8 Å². The summed E-state index contributed by atoms with van der Waals surface area (Å²) < 4.78 is 20.8. The number of aliphatic carboxylic acids is 1. The summed E-state index contributed by atoms with van der Waals surface area (Å²) in [6, 6.07) is 1.54. The van der Waals surface area contributed by atoms with Gasteiger partial charge in [0.2, 0.25) is 0 Å². The number of carbonyl (C=O) groups is 2. The second kappa shape index (κ2) is 6.86. The Kier molecular flexibility index (Phi) is 4.53. The lowest BCUT2D eigenvalue weighted by Crippen LogP contribution is -2.40. The van der Waals surface area contributed by atoms with E-state index in [0.29, 0.717) is 31.9 Å². The number of hydrogen-bond acceptors (Lipinski definition) is 3. The van der Waals surface area contributed by atoms with E-state index < -0.39 is 23.7 Å². The minimum atomic E-state index is -1.07. The van der Waals surface area contributed by atoms with Crippen molar-refractivity contribution >= 4 is 23.5 Å². The van der Waals surface area contributed by atoms with Crippen molar-refractivity contribution in [3.63, 3.8) is 0 Å². The molecule has 1 amide bonds. The van der Waals surface area contributed by atoms with Gasteiger partial charge in [-0.2, -0.15) is 0 Å². The molecule has 2 unspecified atom stereocenters. The number of rotatable bonds is 5. The molecule has 29 heavy (non-hydrogen) atoms. The van der Waals surface area contributed by atoms with Crippen molar-refractivity contribution in [3.05, 3.63) is 28.5 Å².